The number of aromatic nitrogens is 1. The van der Waals surface area contributed by atoms with Crippen LogP contribution in [0.2, 0.25) is 0 Å². The molecule has 0 atom stereocenters. The van der Waals surface area contributed by atoms with Crippen LogP contribution < -0.4 is 10.7 Å². The molecule has 0 fully saturated rings. The zero-order valence-electron chi connectivity index (χ0n) is 17.5. The molecular formula is C26H24N2O2. The Balaban J connectivity index is 1.72. The predicted octanol–water partition coefficient (Wildman–Crippen LogP) is 4.54. The van der Waals surface area contributed by atoms with Crippen molar-refractivity contribution >= 4 is 27.6 Å². The van der Waals surface area contributed by atoms with E-state index in [4.69, 9.17) is 0 Å². The molecule has 0 saturated carbocycles. The summed E-state index contributed by atoms with van der Waals surface area (Å²) in [5.41, 5.74) is 8.30. The summed E-state index contributed by atoms with van der Waals surface area (Å²) in [5, 5.41) is 4.68. The predicted molar refractivity (Wildman–Crippen MR) is 122 cm³/mol. The summed E-state index contributed by atoms with van der Waals surface area (Å²) in [5.74, 6) is 0.0366. The lowest BCUT2D eigenvalue weighted by Gasteiger charge is -2.20. The van der Waals surface area contributed by atoms with Crippen molar-refractivity contribution in [2.75, 3.05) is 6.54 Å². The minimum atomic E-state index is 0.0156. The van der Waals surface area contributed by atoms with Gasteiger partial charge in [0.15, 0.2) is 11.2 Å². The molecule has 1 aliphatic rings. The molecule has 0 unspecified atom stereocenters. The van der Waals surface area contributed by atoms with Gasteiger partial charge in [-0.1, -0.05) is 24.6 Å². The number of hydrogen-bond donors (Lipinski definition) is 2. The van der Waals surface area contributed by atoms with Gasteiger partial charge in [0.1, 0.15) is 0 Å². The molecule has 0 radical (unpaired) electrons. The van der Waals surface area contributed by atoms with Crippen molar-refractivity contribution in [3.05, 3.63) is 91.6 Å². The van der Waals surface area contributed by atoms with Crippen molar-refractivity contribution in [3.63, 3.8) is 0 Å². The zero-order chi connectivity index (χ0) is 21.0. The Morgan fingerprint density at radius 1 is 0.900 bits per heavy atom. The number of pyridine rings is 1. The van der Waals surface area contributed by atoms with Gasteiger partial charge in [0.2, 0.25) is 0 Å². The highest BCUT2D eigenvalue weighted by Gasteiger charge is 2.24. The fourth-order valence-corrected chi connectivity index (χ4v) is 4.48. The number of carbonyl (C=O) groups excluding carboxylic acids is 1. The second-order valence-corrected chi connectivity index (χ2v) is 8.28. The van der Waals surface area contributed by atoms with E-state index in [-0.39, 0.29) is 11.2 Å². The van der Waals surface area contributed by atoms with E-state index in [1.54, 1.807) is 0 Å². The molecule has 0 bridgehead atoms. The number of aromatic amines is 1. The van der Waals surface area contributed by atoms with Crippen LogP contribution >= 0.6 is 0 Å². The van der Waals surface area contributed by atoms with Crippen molar-refractivity contribution in [1.82, 2.24) is 10.3 Å². The first-order valence-corrected chi connectivity index (χ1v) is 10.4. The lowest BCUT2D eigenvalue weighted by molar-refractivity contribution is 0.103. The first-order valence-electron chi connectivity index (χ1n) is 10.4. The molecule has 0 saturated heterocycles. The number of carbonyl (C=O) groups is 1. The number of benzene rings is 3. The maximum Gasteiger partial charge on any atom is 0.197 e. The molecule has 1 aliphatic carbocycles. The van der Waals surface area contributed by atoms with Gasteiger partial charge < -0.3 is 10.3 Å². The van der Waals surface area contributed by atoms with Gasteiger partial charge in [-0.2, -0.15) is 0 Å². The maximum absolute atomic E-state index is 13.3. The highest BCUT2D eigenvalue weighted by Crippen LogP contribution is 2.31. The van der Waals surface area contributed by atoms with Crippen molar-refractivity contribution in [1.29, 1.82) is 0 Å². The molecule has 0 aliphatic heterocycles. The molecule has 0 amide bonds. The number of H-pyrrole nitrogens is 1. The number of aryl methyl sites for hydroxylation is 2. The number of hydrogen-bond acceptors (Lipinski definition) is 3. The number of rotatable bonds is 3. The summed E-state index contributed by atoms with van der Waals surface area (Å²) in [6.45, 7) is 7.77. The second-order valence-electron chi connectivity index (χ2n) is 8.28. The first kappa shape index (κ1) is 18.8. The molecule has 4 nitrogen and oxygen atoms in total. The van der Waals surface area contributed by atoms with E-state index < -0.39 is 0 Å². The van der Waals surface area contributed by atoms with Crippen LogP contribution in [0.1, 0.15) is 50.7 Å². The average molecular weight is 396 g/mol. The van der Waals surface area contributed by atoms with Crippen molar-refractivity contribution in [3.8, 4) is 0 Å². The Bertz CT molecular complexity index is 1410. The molecule has 3 aromatic carbocycles. The van der Waals surface area contributed by atoms with Crippen LogP contribution in [0.5, 0.6) is 0 Å². The maximum atomic E-state index is 13.3. The van der Waals surface area contributed by atoms with Gasteiger partial charge in [-0.3, -0.25) is 9.59 Å². The Kier molecular flexibility index (Phi) is 4.33. The molecule has 1 aromatic heterocycles. The molecule has 30 heavy (non-hydrogen) atoms. The van der Waals surface area contributed by atoms with Crippen LogP contribution in [0.15, 0.2) is 47.3 Å². The molecule has 150 valence electrons. The largest absolute Gasteiger partial charge is 0.354 e. The lowest BCUT2D eigenvalue weighted by atomic mass is 9.83. The molecule has 2 N–H and O–H groups in total. The summed E-state index contributed by atoms with van der Waals surface area (Å²) >= 11 is 0. The Morgan fingerprint density at radius 3 is 2.43 bits per heavy atom. The molecule has 4 aromatic rings. The third-order valence-corrected chi connectivity index (χ3v) is 6.18. The van der Waals surface area contributed by atoms with Gasteiger partial charge in [-0.05, 0) is 79.4 Å². The van der Waals surface area contributed by atoms with Gasteiger partial charge in [0, 0.05) is 28.4 Å². The molecule has 5 rings (SSSR count). The standard InChI is InChI=1S/C26H24N2O2/c1-4-27-13-18-11-23-21(8-15(18)3)26(30)22-10-17-9-16-6-5-14(2)7-19(16)25(29)20(17)12-24(22)28-23/h5-8,10-12,27H,4,9,13H2,1-3H3,(H,28,30). The quantitative estimate of drug-likeness (QED) is 0.440. The first-order chi connectivity index (χ1) is 14.5. The van der Waals surface area contributed by atoms with Gasteiger partial charge in [-0.25, -0.2) is 0 Å². The number of nitrogens with one attached hydrogen (secondary N) is 2. The molecule has 4 heteroatoms. The van der Waals surface area contributed by atoms with Gasteiger partial charge >= 0.3 is 0 Å². The Morgan fingerprint density at radius 2 is 1.63 bits per heavy atom. The van der Waals surface area contributed by atoms with Gasteiger partial charge in [0.05, 0.1) is 11.0 Å². The summed E-state index contributed by atoms with van der Waals surface area (Å²) in [6, 6.07) is 13.8. The fraction of sp³-hybridized carbons (Fsp3) is 0.231. The molecule has 1 heterocycles. The van der Waals surface area contributed by atoms with Gasteiger partial charge in [-0.15, -0.1) is 0 Å². The topological polar surface area (TPSA) is 62.0 Å². The summed E-state index contributed by atoms with van der Waals surface area (Å²) in [6.07, 6.45) is 0.671. The summed E-state index contributed by atoms with van der Waals surface area (Å²) in [7, 11) is 0. The van der Waals surface area contributed by atoms with Crippen molar-refractivity contribution in [2.45, 2.75) is 33.7 Å². The van der Waals surface area contributed by atoms with Crippen molar-refractivity contribution in [2.24, 2.45) is 0 Å². The van der Waals surface area contributed by atoms with E-state index in [9.17, 15) is 9.59 Å². The molecular weight excluding hydrogens is 372 g/mol. The average Bonchev–Trinajstić information content (AvgIpc) is 2.73. The fourth-order valence-electron chi connectivity index (χ4n) is 4.48. The van der Waals surface area contributed by atoms with E-state index in [0.717, 1.165) is 52.0 Å². The van der Waals surface area contributed by atoms with E-state index in [1.807, 2.05) is 56.3 Å². The zero-order valence-corrected chi connectivity index (χ0v) is 17.5. The summed E-state index contributed by atoms with van der Waals surface area (Å²) in [4.78, 5) is 29.9. The van der Waals surface area contributed by atoms with E-state index in [1.165, 1.54) is 0 Å². The number of ketones is 1. The van der Waals surface area contributed by atoms with Crippen LogP contribution in [0.4, 0.5) is 0 Å². The van der Waals surface area contributed by atoms with Crippen LogP contribution in [-0.2, 0) is 13.0 Å². The second kappa shape index (κ2) is 6.92. The van der Waals surface area contributed by atoms with E-state index in [2.05, 4.69) is 17.2 Å². The minimum Gasteiger partial charge on any atom is -0.354 e. The normalized spacial score (nSPS) is 13.0. The van der Waals surface area contributed by atoms with Crippen LogP contribution in [0.25, 0.3) is 21.8 Å². The van der Waals surface area contributed by atoms with Crippen molar-refractivity contribution < 1.29 is 4.79 Å². The Labute approximate surface area is 174 Å². The van der Waals surface area contributed by atoms with Crippen LogP contribution in [0.3, 0.4) is 0 Å². The highest BCUT2D eigenvalue weighted by molar-refractivity contribution is 6.14. The minimum absolute atomic E-state index is 0.0156. The third kappa shape index (κ3) is 2.87. The van der Waals surface area contributed by atoms with E-state index >= 15 is 0 Å². The highest BCUT2D eigenvalue weighted by atomic mass is 16.1. The van der Waals surface area contributed by atoms with E-state index in [0.29, 0.717) is 28.3 Å². The summed E-state index contributed by atoms with van der Waals surface area (Å²) < 4.78 is 0. The van der Waals surface area contributed by atoms with Crippen LogP contribution in [-0.4, -0.2) is 17.3 Å². The monoisotopic (exact) mass is 396 g/mol. The smallest absolute Gasteiger partial charge is 0.197 e. The SMILES string of the molecule is CCNCc1cc2[nH]c3cc4c(cc3c(=O)c2cc1C)Cc1ccc(C)cc1C4=O. The number of fused-ring (bicyclic) bond motifs is 4. The van der Waals surface area contributed by atoms with Gasteiger partial charge in [0.25, 0.3) is 0 Å². The Hall–Kier alpha value is -3.24. The molecule has 0 spiro atoms. The van der Waals surface area contributed by atoms with Crippen LogP contribution in [0, 0.1) is 13.8 Å². The lowest BCUT2D eigenvalue weighted by Crippen LogP contribution is -2.17. The third-order valence-electron chi connectivity index (χ3n) is 6.18.